The number of ether oxygens (including phenoxy) is 2. The van der Waals surface area contributed by atoms with Crippen LogP contribution in [-0.2, 0) is 0 Å². The molecule has 1 fully saturated rings. The van der Waals surface area contributed by atoms with Gasteiger partial charge in [-0.1, -0.05) is 30.3 Å². The summed E-state index contributed by atoms with van der Waals surface area (Å²) in [6.07, 6.45) is 8.21. The SMILES string of the molecule is COc1ccc(OC)c2nc([C]3[CH][CH][CH][CH]3)c(-c3ccccc3)cc12. The zero-order chi connectivity index (χ0) is 17.2. The summed E-state index contributed by atoms with van der Waals surface area (Å²) >= 11 is 0. The molecule has 0 unspecified atom stereocenters. The van der Waals surface area contributed by atoms with Crippen molar-refractivity contribution in [2.24, 2.45) is 0 Å². The summed E-state index contributed by atoms with van der Waals surface area (Å²) in [5, 5.41) is 0.941. The fourth-order valence-electron chi connectivity index (χ4n) is 3.14. The van der Waals surface area contributed by atoms with Crippen LogP contribution in [-0.4, -0.2) is 19.2 Å². The van der Waals surface area contributed by atoms with E-state index in [0.717, 1.165) is 45.1 Å². The number of hydrogen-bond donors (Lipinski definition) is 0. The van der Waals surface area contributed by atoms with Crippen molar-refractivity contribution in [3.63, 3.8) is 0 Å². The highest BCUT2D eigenvalue weighted by Crippen LogP contribution is 2.40. The molecule has 3 nitrogen and oxygen atoms in total. The van der Waals surface area contributed by atoms with Crippen molar-refractivity contribution in [3.8, 4) is 22.6 Å². The van der Waals surface area contributed by atoms with Gasteiger partial charge in [0.15, 0.2) is 0 Å². The summed E-state index contributed by atoms with van der Waals surface area (Å²) in [4.78, 5) is 4.97. The molecule has 5 radical (unpaired) electrons. The molecule has 25 heavy (non-hydrogen) atoms. The van der Waals surface area contributed by atoms with Gasteiger partial charge in [-0.15, -0.1) is 0 Å². The molecule has 1 aliphatic carbocycles. The summed E-state index contributed by atoms with van der Waals surface area (Å²) in [5.41, 5.74) is 3.94. The Labute approximate surface area is 148 Å². The normalized spacial score (nSPS) is 14.8. The van der Waals surface area contributed by atoms with Gasteiger partial charge in [-0.2, -0.15) is 0 Å². The lowest BCUT2D eigenvalue weighted by molar-refractivity contribution is 0.409. The maximum atomic E-state index is 5.55. The quantitative estimate of drug-likeness (QED) is 0.697. The molecule has 0 atom stereocenters. The average molecular weight is 328 g/mol. The van der Waals surface area contributed by atoms with Crippen LogP contribution in [0, 0.1) is 31.6 Å². The van der Waals surface area contributed by atoms with Gasteiger partial charge in [0, 0.05) is 16.9 Å². The molecule has 0 bridgehead atoms. The van der Waals surface area contributed by atoms with Crippen molar-refractivity contribution < 1.29 is 9.47 Å². The molecule has 1 aromatic heterocycles. The average Bonchev–Trinajstić information content (AvgIpc) is 3.21. The van der Waals surface area contributed by atoms with Gasteiger partial charge in [-0.3, -0.25) is 0 Å². The second kappa shape index (κ2) is 6.75. The Balaban J connectivity index is 2.02. The Hall–Kier alpha value is -2.55. The minimum atomic E-state index is 0.739. The van der Waals surface area contributed by atoms with E-state index < -0.39 is 0 Å². The van der Waals surface area contributed by atoms with E-state index >= 15 is 0 Å². The van der Waals surface area contributed by atoms with E-state index in [0.29, 0.717) is 0 Å². The minimum absolute atomic E-state index is 0.739. The van der Waals surface area contributed by atoms with Crippen LogP contribution >= 0.6 is 0 Å². The molecule has 1 heterocycles. The first-order valence-corrected chi connectivity index (χ1v) is 8.15. The monoisotopic (exact) mass is 328 g/mol. The molecule has 0 aliphatic heterocycles. The van der Waals surface area contributed by atoms with Gasteiger partial charge in [0.05, 0.1) is 19.9 Å². The van der Waals surface area contributed by atoms with E-state index in [1.54, 1.807) is 14.2 Å². The van der Waals surface area contributed by atoms with Crippen LogP contribution in [0.1, 0.15) is 5.69 Å². The topological polar surface area (TPSA) is 31.4 Å². The highest BCUT2D eigenvalue weighted by molar-refractivity contribution is 5.94. The van der Waals surface area contributed by atoms with Crippen LogP contribution < -0.4 is 9.47 Å². The van der Waals surface area contributed by atoms with Crippen LogP contribution in [0.15, 0.2) is 48.5 Å². The summed E-state index contributed by atoms with van der Waals surface area (Å²) in [5.74, 6) is 2.61. The lowest BCUT2D eigenvalue weighted by Gasteiger charge is -2.17. The Morgan fingerprint density at radius 1 is 0.800 bits per heavy atom. The van der Waals surface area contributed by atoms with Crippen LogP contribution in [0.5, 0.6) is 11.5 Å². The summed E-state index contributed by atoms with van der Waals surface area (Å²) in [7, 11) is 3.34. The molecular formula is C22H18NO2. The minimum Gasteiger partial charge on any atom is -0.496 e. The predicted octanol–water partition coefficient (Wildman–Crippen LogP) is 4.67. The van der Waals surface area contributed by atoms with Crippen LogP contribution in [0.2, 0.25) is 0 Å². The van der Waals surface area contributed by atoms with Gasteiger partial charge < -0.3 is 9.47 Å². The first-order valence-electron chi connectivity index (χ1n) is 8.15. The summed E-state index contributed by atoms with van der Waals surface area (Å²) in [6.45, 7) is 0. The number of nitrogens with zero attached hydrogens (tertiary/aromatic N) is 1. The Morgan fingerprint density at radius 3 is 2.16 bits per heavy atom. The van der Waals surface area contributed by atoms with E-state index in [4.69, 9.17) is 14.5 Å². The molecule has 0 saturated heterocycles. The first kappa shape index (κ1) is 15.9. The standard InChI is InChI=1S/C22H18NO2/c1-24-19-12-13-20(25-2)22-18(19)14-17(15-8-4-3-5-9-15)21(23-22)16-10-6-7-11-16/h3-14H,1-2H3. The molecule has 3 heteroatoms. The molecular weight excluding hydrogens is 310 g/mol. The zero-order valence-electron chi connectivity index (χ0n) is 14.2. The lowest BCUT2D eigenvalue weighted by atomic mass is 9.92. The molecule has 0 spiro atoms. The molecule has 123 valence electrons. The largest absolute Gasteiger partial charge is 0.496 e. The number of fused-ring (bicyclic) bond motifs is 1. The molecule has 4 rings (SSSR count). The third-order valence-corrected chi connectivity index (χ3v) is 4.37. The molecule has 1 aliphatic rings. The third kappa shape index (κ3) is 2.84. The molecule has 0 N–H and O–H groups in total. The zero-order valence-corrected chi connectivity index (χ0v) is 14.2. The van der Waals surface area contributed by atoms with Gasteiger partial charge in [0.2, 0.25) is 0 Å². The van der Waals surface area contributed by atoms with E-state index in [-0.39, 0.29) is 0 Å². The predicted molar refractivity (Wildman–Crippen MR) is 99.8 cm³/mol. The number of hydrogen-bond acceptors (Lipinski definition) is 3. The Morgan fingerprint density at radius 2 is 1.48 bits per heavy atom. The van der Waals surface area contributed by atoms with Crippen molar-refractivity contribution in [3.05, 3.63) is 85.8 Å². The van der Waals surface area contributed by atoms with Crippen molar-refractivity contribution >= 4 is 10.9 Å². The fraction of sp³-hybridized carbons (Fsp3) is 0.0909. The van der Waals surface area contributed by atoms with Crippen molar-refractivity contribution in [1.29, 1.82) is 0 Å². The Kier molecular flexibility index (Phi) is 4.31. The van der Waals surface area contributed by atoms with Crippen molar-refractivity contribution in [1.82, 2.24) is 4.98 Å². The number of rotatable bonds is 4. The fourth-order valence-corrected chi connectivity index (χ4v) is 3.14. The second-order valence-electron chi connectivity index (χ2n) is 5.79. The number of aromatic nitrogens is 1. The van der Waals surface area contributed by atoms with Crippen LogP contribution in [0.25, 0.3) is 22.0 Å². The van der Waals surface area contributed by atoms with E-state index in [9.17, 15) is 0 Å². The second-order valence-corrected chi connectivity index (χ2v) is 5.79. The molecule has 3 aromatic rings. The molecule has 0 amide bonds. The van der Waals surface area contributed by atoms with E-state index in [2.05, 4.69) is 31.0 Å². The third-order valence-electron chi connectivity index (χ3n) is 4.37. The highest BCUT2D eigenvalue weighted by atomic mass is 16.5. The van der Waals surface area contributed by atoms with Gasteiger partial charge >= 0.3 is 0 Å². The van der Waals surface area contributed by atoms with Crippen LogP contribution in [0.4, 0.5) is 0 Å². The maximum absolute atomic E-state index is 5.55. The van der Waals surface area contributed by atoms with Crippen LogP contribution in [0.3, 0.4) is 0 Å². The van der Waals surface area contributed by atoms with Crippen molar-refractivity contribution in [2.45, 2.75) is 0 Å². The van der Waals surface area contributed by atoms with Crippen molar-refractivity contribution in [2.75, 3.05) is 14.2 Å². The smallest absolute Gasteiger partial charge is 0.145 e. The molecule has 1 saturated carbocycles. The number of pyridine rings is 1. The van der Waals surface area contributed by atoms with Gasteiger partial charge in [-0.05, 0) is 49.4 Å². The maximum Gasteiger partial charge on any atom is 0.145 e. The summed E-state index contributed by atoms with van der Waals surface area (Å²) < 4.78 is 11.1. The van der Waals surface area contributed by atoms with E-state index in [1.165, 1.54) is 0 Å². The highest BCUT2D eigenvalue weighted by Gasteiger charge is 2.25. The Bertz CT molecular complexity index is 883. The lowest BCUT2D eigenvalue weighted by Crippen LogP contribution is -2.04. The van der Waals surface area contributed by atoms with E-state index in [1.807, 2.05) is 43.2 Å². The number of benzene rings is 2. The first-order chi connectivity index (χ1) is 12.3. The summed E-state index contributed by atoms with van der Waals surface area (Å²) in [6, 6.07) is 16.2. The number of methoxy groups -OCH3 is 2. The van der Waals surface area contributed by atoms with Gasteiger partial charge in [-0.25, -0.2) is 4.98 Å². The van der Waals surface area contributed by atoms with Gasteiger partial charge in [0.25, 0.3) is 0 Å². The molecule has 2 aromatic carbocycles. The van der Waals surface area contributed by atoms with Gasteiger partial charge in [0.1, 0.15) is 17.0 Å².